The molecule has 3 rings (SSSR count). The van der Waals surface area contributed by atoms with E-state index in [0.717, 1.165) is 11.6 Å². The molecule has 1 nitrogen and oxygen atoms in total. The van der Waals surface area contributed by atoms with Gasteiger partial charge < -0.3 is 0 Å². The number of carbonyl (C=O) groups excluding carboxylic acids is 1. The third-order valence-electron chi connectivity index (χ3n) is 3.78. The van der Waals surface area contributed by atoms with Crippen molar-refractivity contribution in [3.8, 4) is 0 Å². The van der Waals surface area contributed by atoms with Crippen molar-refractivity contribution in [2.75, 3.05) is 0 Å². The lowest BCUT2D eigenvalue weighted by atomic mass is 9.87. The predicted octanol–water partition coefficient (Wildman–Crippen LogP) is 4.64. The summed E-state index contributed by atoms with van der Waals surface area (Å²) in [6, 6.07) is 11.6. The molecule has 0 unspecified atom stereocenters. The van der Waals surface area contributed by atoms with Gasteiger partial charge in [-0.05, 0) is 46.5 Å². The van der Waals surface area contributed by atoms with Crippen molar-refractivity contribution in [1.29, 1.82) is 0 Å². The van der Waals surface area contributed by atoms with Gasteiger partial charge in [-0.15, -0.1) is 0 Å². The van der Waals surface area contributed by atoms with Gasteiger partial charge in [0.15, 0.2) is 11.6 Å². The van der Waals surface area contributed by atoms with Gasteiger partial charge in [-0.25, -0.2) is 8.78 Å². The maximum absolute atomic E-state index is 14.1. The summed E-state index contributed by atoms with van der Waals surface area (Å²) in [7, 11) is 0. The molecular weight excluding hydrogens is 326 g/mol. The number of hydrogen-bond donors (Lipinski definition) is 0. The van der Waals surface area contributed by atoms with Crippen LogP contribution >= 0.6 is 15.9 Å². The lowest BCUT2D eigenvalue weighted by Gasteiger charge is -2.16. The molecule has 1 saturated carbocycles. The Morgan fingerprint density at radius 1 is 1.05 bits per heavy atom. The summed E-state index contributed by atoms with van der Waals surface area (Å²) in [5.41, 5.74) is -0.381. The van der Waals surface area contributed by atoms with Crippen LogP contribution in [0.25, 0.3) is 0 Å². The Morgan fingerprint density at radius 3 is 2.30 bits per heavy atom. The molecule has 0 amide bonds. The molecule has 1 aliphatic carbocycles. The highest BCUT2D eigenvalue weighted by molar-refractivity contribution is 9.10. The summed E-state index contributed by atoms with van der Waals surface area (Å²) in [4.78, 5) is 12.6. The van der Waals surface area contributed by atoms with E-state index in [2.05, 4.69) is 15.9 Å². The van der Waals surface area contributed by atoms with Crippen molar-refractivity contribution in [3.05, 3.63) is 69.7 Å². The Bertz CT molecular complexity index is 678. The van der Waals surface area contributed by atoms with Gasteiger partial charge in [0.05, 0.1) is 15.5 Å². The highest BCUT2D eigenvalue weighted by Crippen LogP contribution is 2.51. The first kappa shape index (κ1) is 13.4. The van der Waals surface area contributed by atoms with E-state index in [1.165, 1.54) is 6.07 Å². The van der Waals surface area contributed by atoms with Crippen LogP contribution in [0.15, 0.2) is 46.9 Å². The fourth-order valence-electron chi connectivity index (χ4n) is 2.50. The molecule has 20 heavy (non-hydrogen) atoms. The Labute approximate surface area is 123 Å². The zero-order chi connectivity index (χ0) is 14.3. The van der Waals surface area contributed by atoms with Gasteiger partial charge in [0.25, 0.3) is 0 Å². The Hall–Kier alpha value is -1.55. The summed E-state index contributed by atoms with van der Waals surface area (Å²) in [6.45, 7) is 0. The fourth-order valence-corrected chi connectivity index (χ4v) is 2.83. The van der Waals surface area contributed by atoms with Crippen molar-refractivity contribution >= 4 is 21.7 Å². The first-order valence-corrected chi connectivity index (χ1v) is 7.09. The van der Waals surface area contributed by atoms with Crippen molar-refractivity contribution in [2.45, 2.75) is 18.3 Å². The zero-order valence-electron chi connectivity index (χ0n) is 10.5. The summed E-state index contributed by atoms with van der Waals surface area (Å²) < 4.78 is 28.1. The van der Waals surface area contributed by atoms with Crippen molar-refractivity contribution < 1.29 is 13.6 Å². The molecule has 0 heterocycles. The molecule has 0 atom stereocenters. The van der Waals surface area contributed by atoms with Gasteiger partial charge in [-0.3, -0.25) is 4.79 Å². The van der Waals surface area contributed by atoms with Crippen LogP contribution in [0.3, 0.4) is 0 Å². The van der Waals surface area contributed by atoms with E-state index < -0.39 is 28.4 Å². The van der Waals surface area contributed by atoms with Crippen molar-refractivity contribution in [1.82, 2.24) is 0 Å². The average molecular weight is 337 g/mol. The average Bonchev–Trinajstić information content (AvgIpc) is 3.26. The monoisotopic (exact) mass is 336 g/mol. The van der Waals surface area contributed by atoms with E-state index in [1.807, 2.05) is 30.3 Å². The zero-order valence-corrected chi connectivity index (χ0v) is 12.1. The quantitative estimate of drug-likeness (QED) is 0.589. The van der Waals surface area contributed by atoms with Crippen molar-refractivity contribution in [2.24, 2.45) is 0 Å². The Balaban J connectivity index is 2.09. The fraction of sp³-hybridized carbons (Fsp3) is 0.188. The van der Waals surface area contributed by atoms with Crippen molar-refractivity contribution in [3.63, 3.8) is 0 Å². The predicted molar refractivity (Wildman–Crippen MR) is 75.7 cm³/mol. The maximum Gasteiger partial charge on any atom is 0.179 e. The molecule has 0 N–H and O–H groups in total. The molecule has 4 heteroatoms. The molecule has 1 aliphatic rings. The third-order valence-corrected chi connectivity index (χ3v) is 4.39. The smallest absolute Gasteiger partial charge is 0.179 e. The molecule has 0 bridgehead atoms. The molecule has 0 spiro atoms. The van der Waals surface area contributed by atoms with E-state index in [1.54, 1.807) is 0 Å². The SMILES string of the molecule is O=C(c1c(F)ccc(Br)c1F)C1(c2ccccc2)CC1. The highest BCUT2D eigenvalue weighted by atomic mass is 79.9. The van der Waals surface area contributed by atoms with Crippen LogP contribution < -0.4 is 0 Å². The third kappa shape index (κ3) is 1.99. The second-order valence-corrected chi connectivity index (χ2v) is 5.85. The largest absolute Gasteiger partial charge is 0.293 e. The number of hydrogen-bond acceptors (Lipinski definition) is 1. The first-order chi connectivity index (χ1) is 9.56. The van der Waals surface area contributed by atoms with Gasteiger partial charge in [-0.2, -0.15) is 0 Å². The lowest BCUT2D eigenvalue weighted by Crippen LogP contribution is -2.23. The topological polar surface area (TPSA) is 17.1 Å². The minimum atomic E-state index is -0.822. The molecule has 1 fully saturated rings. The standard InChI is InChI=1S/C16H11BrF2O/c17-11-6-7-12(18)13(14(11)19)15(20)16(8-9-16)10-4-2-1-3-5-10/h1-7H,8-9H2. The highest BCUT2D eigenvalue weighted by Gasteiger charge is 2.52. The molecule has 0 radical (unpaired) electrons. The molecule has 0 saturated heterocycles. The number of rotatable bonds is 3. The molecule has 0 aromatic heterocycles. The first-order valence-electron chi connectivity index (χ1n) is 6.30. The maximum atomic E-state index is 14.1. The summed E-state index contributed by atoms with van der Waals surface area (Å²) in [6.07, 6.45) is 1.25. The summed E-state index contributed by atoms with van der Waals surface area (Å²) in [5, 5.41) is 0. The van der Waals surface area contributed by atoms with Crippen LogP contribution in [0.2, 0.25) is 0 Å². The minimum absolute atomic E-state index is 0.103. The van der Waals surface area contributed by atoms with Crippen LogP contribution in [0.5, 0.6) is 0 Å². The molecule has 102 valence electrons. The van der Waals surface area contributed by atoms with E-state index in [4.69, 9.17) is 0 Å². The molecular formula is C16H11BrF2O. The van der Waals surface area contributed by atoms with E-state index >= 15 is 0 Å². The van der Waals surface area contributed by atoms with E-state index in [9.17, 15) is 13.6 Å². The van der Waals surface area contributed by atoms with Crippen LogP contribution in [-0.4, -0.2) is 5.78 Å². The van der Waals surface area contributed by atoms with Crippen LogP contribution in [0, 0.1) is 11.6 Å². The Morgan fingerprint density at radius 2 is 1.70 bits per heavy atom. The second kappa shape index (κ2) is 4.77. The van der Waals surface area contributed by atoms with Gasteiger partial charge in [-0.1, -0.05) is 30.3 Å². The van der Waals surface area contributed by atoms with Gasteiger partial charge >= 0.3 is 0 Å². The van der Waals surface area contributed by atoms with Gasteiger partial charge in [0.1, 0.15) is 5.82 Å². The molecule has 2 aromatic carbocycles. The van der Waals surface area contributed by atoms with Crippen LogP contribution in [0.1, 0.15) is 28.8 Å². The number of Topliss-reactive ketones (excluding diaryl/α,β-unsaturated/α-hetero) is 1. The van der Waals surface area contributed by atoms with E-state index in [0.29, 0.717) is 12.8 Å². The normalized spacial score (nSPS) is 15.9. The number of ketones is 1. The van der Waals surface area contributed by atoms with Gasteiger partial charge in [0.2, 0.25) is 0 Å². The number of carbonyl (C=O) groups is 1. The molecule has 2 aromatic rings. The van der Waals surface area contributed by atoms with Crippen LogP contribution in [-0.2, 0) is 5.41 Å². The second-order valence-electron chi connectivity index (χ2n) is 5.00. The minimum Gasteiger partial charge on any atom is -0.293 e. The number of halogens is 3. The number of benzene rings is 2. The Kier molecular flexibility index (Phi) is 3.21. The summed E-state index contributed by atoms with van der Waals surface area (Å²) >= 11 is 3.00. The summed E-state index contributed by atoms with van der Waals surface area (Å²) in [5.74, 6) is -2.10. The molecule has 0 aliphatic heterocycles. The van der Waals surface area contributed by atoms with E-state index in [-0.39, 0.29) is 4.47 Å². The lowest BCUT2D eigenvalue weighted by molar-refractivity contribution is 0.0937. The van der Waals surface area contributed by atoms with Crippen LogP contribution in [0.4, 0.5) is 8.78 Å². The van der Waals surface area contributed by atoms with Gasteiger partial charge in [0, 0.05) is 0 Å².